The summed E-state index contributed by atoms with van der Waals surface area (Å²) in [6.07, 6.45) is 8.44. The zero-order valence-electron chi connectivity index (χ0n) is 18.2. The van der Waals surface area contributed by atoms with Crippen LogP contribution in [0, 0.1) is 19.3 Å². The summed E-state index contributed by atoms with van der Waals surface area (Å²) in [5.41, 5.74) is 3.64. The van der Waals surface area contributed by atoms with Gasteiger partial charge in [-0.1, -0.05) is 0 Å². The molecule has 0 aliphatic carbocycles. The lowest BCUT2D eigenvalue weighted by Gasteiger charge is -2.47. The largest absolute Gasteiger partial charge is 0.496 e. The predicted molar refractivity (Wildman–Crippen MR) is 112 cm³/mol. The van der Waals surface area contributed by atoms with Gasteiger partial charge in [0, 0.05) is 50.0 Å². The van der Waals surface area contributed by atoms with Crippen molar-refractivity contribution in [1.82, 2.24) is 14.8 Å². The highest BCUT2D eigenvalue weighted by molar-refractivity contribution is 5.77. The molecule has 3 fully saturated rings. The highest BCUT2D eigenvalue weighted by Crippen LogP contribution is 2.41. The average Bonchev–Trinajstić information content (AvgIpc) is 3.22. The number of hydrogen-bond donors (Lipinski definition) is 0. The Labute approximate surface area is 174 Å². The molecule has 4 heterocycles. The van der Waals surface area contributed by atoms with Crippen molar-refractivity contribution in [3.63, 3.8) is 0 Å². The third kappa shape index (κ3) is 4.43. The predicted octanol–water partition coefficient (Wildman–Crippen LogP) is 3.09. The Morgan fingerprint density at radius 1 is 1.28 bits per heavy atom. The van der Waals surface area contributed by atoms with Crippen LogP contribution in [-0.2, 0) is 16.1 Å². The maximum Gasteiger partial charge on any atom is 0.222 e. The molecular formula is C23H35N3O3. The molecule has 0 aromatic carbocycles. The zero-order valence-corrected chi connectivity index (χ0v) is 18.2. The summed E-state index contributed by atoms with van der Waals surface area (Å²) in [6, 6.07) is 0. The van der Waals surface area contributed by atoms with Gasteiger partial charge in [-0.15, -0.1) is 0 Å². The molecule has 1 spiro atoms. The third-order valence-corrected chi connectivity index (χ3v) is 7.24. The van der Waals surface area contributed by atoms with Gasteiger partial charge in [0.2, 0.25) is 5.91 Å². The van der Waals surface area contributed by atoms with Crippen LogP contribution < -0.4 is 4.74 Å². The van der Waals surface area contributed by atoms with Crippen LogP contribution in [0.2, 0.25) is 0 Å². The number of rotatable bonds is 5. The molecule has 6 heteroatoms. The van der Waals surface area contributed by atoms with Gasteiger partial charge in [0.25, 0.3) is 0 Å². The number of ether oxygens (including phenoxy) is 2. The van der Waals surface area contributed by atoms with E-state index in [-0.39, 0.29) is 11.5 Å². The first kappa shape index (κ1) is 20.6. The van der Waals surface area contributed by atoms with Crippen LogP contribution in [0.25, 0.3) is 0 Å². The smallest absolute Gasteiger partial charge is 0.222 e. The van der Waals surface area contributed by atoms with Gasteiger partial charge in [-0.2, -0.15) is 0 Å². The van der Waals surface area contributed by atoms with Gasteiger partial charge in [0.1, 0.15) is 5.75 Å². The van der Waals surface area contributed by atoms with Gasteiger partial charge < -0.3 is 14.4 Å². The molecule has 6 nitrogen and oxygen atoms in total. The molecule has 1 aromatic heterocycles. The number of carbonyl (C=O) groups excluding carboxylic acids is 1. The van der Waals surface area contributed by atoms with E-state index in [1.165, 1.54) is 0 Å². The van der Waals surface area contributed by atoms with Crippen molar-refractivity contribution in [1.29, 1.82) is 0 Å². The molecule has 29 heavy (non-hydrogen) atoms. The summed E-state index contributed by atoms with van der Waals surface area (Å²) in [7, 11) is 1.73. The lowest BCUT2D eigenvalue weighted by molar-refractivity contribution is -0.141. The highest BCUT2D eigenvalue weighted by atomic mass is 16.5. The standard InChI is InChI=1S/C23H35N3O3/c1-17-13-24-20(18(2)22(17)28-3)15-25-10-8-23(9-11-25)7-6-21(27)26(16-23)14-19-5-4-12-29-19/h13,19H,4-12,14-16H2,1-3H3/t19-/m1/s1. The summed E-state index contributed by atoms with van der Waals surface area (Å²) in [5, 5.41) is 0. The number of amides is 1. The van der Waals surface area contributed by atoms with Crippen molar-refractivity contribution in [2.75, 3.05) is 39.9 Å². The molecule has 1 aromatic rings. The fourth-order valence-corrected chi connectivity index (χ4v) is 5.34. The van der Waals surface area contributed by atoms with Gasteiger partial charge in [-0.25, -0.2) is 0 Å². The molecule has 0 saturated carbocycles. The van der Waals surface area contributed by atoms with E-state index < -0.39 is 0 Å². The van der Waals surface area contributed by atoms with Crippen molar-refractivity contribution in [3.05, 3.63) is 23.0 Å². The molecule has 3 saturated heterocycles. The molecule has 0 bridgehead atoms. The van der Waals surface area contributed by atoms with Crippen molar-refractivity contribution in [2.45, 2.75) is 65.0 Å². The minimum absolute atomic E-state index is 0.250. The molecule has 3 aliphatic heterocycles. The van der Waals surface area contributed by atoms with Crippen LogP contribution >= 0.6 is 0 Å². The van der Waals surface area contributed by atoms with Crippen LogP contribution in [0.1, 0.15) is 55.3 Å². The molecule has 160 valence electrons. The number of piperidine rings is 2. The fraction of sp³-hybridized carbons (Fsp3) is 0.739. The molecule has 4 rings (SSSR count). The molecule has 1 atom stereocenters. The maximum atomic E-state index is 12.5. The Balaban J connectivity index is 1.35. The van der Waals surface area contributed by atoms with Crippen LogP contribution in [0.3, 0.4) is 0 Å². The lowest BCUT2D eigenvalue weighted by Crippen LogP contribution is -2.52. The second-order valence-corrected chi connectivity index (χ2v) is 9.23. The Kier molecular flexibility index (Phi) is 6.11. The topological polar surface area (TPSA) is 54.9 Å². The van der Waals surface area contributed by atoms with E-state index >= 15 is 0 Å². The summed E-state index contributed by atoms with van der Waals surface area (Å²) in [5.74, 6) is 1.28. The minimum Gasteiger partial charge on any atom is -0.496 e. The highest BCUT2D eigenvalue weighted by Gasteiger charge is 2.41. The van der Waals surface area contributed by atoms with Crippen LogP contribution in [-0.4, -0.2) is 66.7 Å². The van der Waals surface area contributed by atoms with E-state index in [2.05, 4.69) is 21.7 Å². The average molecular weight is 402 g/mol. The Bertz CT molecular complexity index is 737. The SMILES string of the molecule is COc1c(C)cnc(CN2CCC3(CCC(=O)N(C[C@H]4CCCO4)C3)CC2)c1C. The summed E-state index contributed by atoms with van der Waals surface area (Å²) in [6.45, 7) is 9.71. The number of carbonyl (C=O) groups is 1. The van der Waals surface area contributed by atoms with Gasteiger partial charge in [0.15, 0.2) is 0 Å². The van der Waals surface area contributed by atoms with Gasteiger partial charge in [-0.3, -0.25) is 14.7 Å². The monoisotopic (exact) mass is 401 g/mol. The molecule has 0 N–H and O–H groups in total. The molecular weight excluding hydrogens is 366 g/mol. The maximum absolute atomic E-state index is 12.5. The first-order valence-electron chi connectivity index (χ1n) is 11.1. The number of pyridine rings is 1. The molecule has 1 amide bonds. The first-order chi connectivity index (χ1) is 14.0. The first-order valence-corrected chi connectivity index (χ1v) is 11.1. The van der Waals surface area contributed by atoms with Crippen molar-refractivity contribution >= 4 is 5.91 Å². The quantitative estimate of drug-likeness (QED) is 0.759. The van der Waals surface area contributed by atoms with Crippen molar-refractivity contribution < 1.29 is 14.3 Å². The van der Waals surface area contributed by atoms with Gasteiger partial charge in [0.05, 0.1) is 18.9 Å². The summed E-state index contributed by atoms with van der Waals surface area (Å²) >= 11 is 0. The van der Waals surface area contributed by atoms with Crippen LogP contribution in [0.15, 0.2) is 6.20 Å². The fourth-order valence-electron chi connectivity index (χ4n) is 5.34. The third-order valence-electron chi connectivity index (χ3n) is 7.24. The second-order valence-electron chi connectivity index (χ2n) is 9.23. The molecule has 3 aliphatic rings. The van der Waals surface area contributed by atoms with Gasteiger partial charge >= 0.3 is 0 Å². The van der Waals surface area contributed by atoms with E-state index in [0.29, 0.717) is 12.3 Å². The van der Waals surface area contributed by atoms with E-state index in [9.17, 15) is 4.79 Å². The number of aryl methyl sites for hydroxylation is 1. The van der Waals surface area contributed by atoms with E-state index in [0.717, 1.165) is 94.0 Å². The lowest BCUT2D eigenvalue weighted by atomic mass is 9.72. The zero-order chi connectivity index (χ0) is 20.4. The van der Waals surface area contributed by atoms with Crippen molar-refractivity contribution in [2.24, 2.45) is 5.41 Å². The van der Waals surface area contributed by atoms with Gasteiger partial charge in [-0.05, 0) is 64.5 Å². The summed E-state index contributed by atoms with van der Waals surface area (Å²) < 4.78 is 11.3. The van der Waals surface area contributed by atoms with E-state index in [1.807, 2.05) is 13.1 Å². The van der Waals surface area contributed by atoms with E-state index in [4.69, 9.17) is 9.47 Å². The minimum atomic E-state index is 0.250. The Morgan fingerprint density at radius 2 is 2.07 bits per heavy atom. The Morgan fingerprint density at radius 3 is 2.76 bits per heavy atom. The summed E-state index contributed by atoms with van der Waals surface area (Å²) in [4.78, 5) is 21.8. The Hall–Kier alpha value is -1.66. The number of aromatic nitrogens is 1. The molecule has 0 radical (unpaired) electrons. The number of methoxy groups -OCH3 is 1. The number of hydrogen-bond acceptors (Lipinski definition) is 5. The number of nitrogens with zero attached hydrogens (tertiary/aromatic N) is 3. The van der Waals surface area contributed by atoms with Crippen LogP contribution in [0.4, 0.5) is 0 Å². The normalized spacial score (nSPS) is 25.0. The second kappa shape index (κ2) is 8.60. The van der Waals surface area contributed by atoms with Crippen molar-refractivity contribution in [3.8, 4) is 5.75 Å². The molecule has 0 unspecified atom stereocenters. The number of likely N-dealkylation sites (tertiary alicyclic amines) is 2. The van der Waals surface area contributed by atoms with Crippen LogP contribution in [0.5, 0.6) is 5.75 Å². The van der Waals surface area contributed by atoms with E-state index in [1.54, 1.807) is 7.11 Å².